The number of furan rings is 1. The average molecular weight is 353 g/mol. The van der Waals surface area contributed by atoms with Crippen molar-refractivity contribution in [2.24, 2.45) is 0 Å². The number of rotatable bonds is 7. The molecule has 1 aromatic heterocycles. The van der Waals surface area contributed by atoms with Crippen molar-refractivity contribution >= 4 is 29.4 Å². The monoisotopic (exact) mass is 352 g/mol. The second-order valence-electron chi connectivity index (χ2n) is 4.70. The fourth-order valence-electron chi connectivity index (χ4n) is 1.79. The van der Waals surface area contributed by atoms with E-state index in [2.05, 4.69) is 9.73 Å². The molecule has 0 saturated carbocycles. The molecule has 1 aromatic carbocycles. The molecule has 2 rings (SSSR count). The Kier molecular flexibility index (Phi) is 5.91. The number of ether oxygens (including phenoxy) is 1. The van der Waals surface area contributed by atoms with Crippen molar-refractivity contribution < 1.29 is 23.7 Å². The lowest BCUT2D eigenvalue weighted by molar-refractivity contribution is -0.402. The van der Waals surface area contributed by atoms with E-state index < -0.39 is 29.3 Å². The van der Waals surface area contributed by atoms with E-state index in [-0.39, 0.29) is 5.76 Å². The molecule has 0 aliphatic carbocycles. The molecule has 0 aliphatic rings. The summed E-state index contributed by atoms with van der Waals surface area (Å²) < 4.78 is 9.39. The molecule has 0 radical (unpaired) electrons. The zero-order chi connectivity index (χ0) is 17.5. The number of hydrogen-bond acceptors (Lipinski definition) is 6. The Morgan fingerprint density at radius 1 is 1.21 bits per heavy atom. The van der Waals surface area contributed by atoms with Crippen LogP contribution in [0.2, 0.25) is 5.02 Å². The van der Waals surface area contributed by atoms with Crippen molar-refractivity contribution in [1.82, 2.24) is 5.32 Å². The van der Waals surface area contributed by atoms with Crippen LogP contribution in [0.3, 0.4) is 0 Å². The summed E-state index contributed by atoms with van der Waals surface area (Å²) in [6.07, 6.45) is 0.598. The van der Waals surface area contributed by atoms with Crippen LogP contribution in [0, 0.1) is 10.1 Å². The minimum atomic E-state index is -0.948. The maximum absolute atomic E-state index is 11.6. The van der Waals surface area contributed by atoms with E-state index in [1.165, 1.54) is 0 Å². The summed E-state index contributed by atoms with van der Waals surface area (Å²) in [5.74, 6) is -2.35. The summed E-state index contributed by atoms with van der Waals surface area (Å²) in [5.41, 5.74) is 1.000. The maximum Gasteiger partial charge on any atom is 0.433 e. The van der Waals surface area contributed by atoms with Gasteiger partial charge in [-0.2, -0.15) is 0 Å². The van der Waals surface area contributed by atoms with Crippen LogP contribution in [-0.2, 0) is 16.0 Å². The first-order valence-electron chi connectivity index (χ1n) is 6.88. The summed E-state index contributed by atoms with van der Waals surface area (Å²) >= 11 is 5.77. The van der Waals surface area contributed by atoms with E-state index in [1.807, 2.05) is 12.1 Å². The van der Waals surface area contributed by atoms with E-state index in [4.69, 9.17) is 16.3 Å². The normalized spacial score (nSPS) is 10.2. The molecule has 1 amide bonds. The third-order valence-electron chi connectivity index (χ3n) is 2.96. The molecule has 0 aliphatic heterocycles. The number of nitro groups is 1. The standard InChI is InChI=1S/C15H13ClN2O6/c16-11-3-1-10(2-4-11)7-8-17-13(19)9-23-15(20)12-5-6-14(24-12)18(21)22/h1-6H,7-9H2,(H,17,19). The van der Waals surface area contributed by atoms with Gasteiger partial charge in [0, 0.05) is 11.6 Å². The van der Waals surface area contributed by atoms with Gasteiger partial charge in [-0.25, -0.2) is 4.79 Å². The van der Waals surface area contributed by atoms with E-state index in [0.717, 1.165) is 17.7 Å². The van der Waals surface area contributed by atoms with Gasteiger partial charge in [0.15, 0.2) is 6.61 Å². The molecule has 0 saturated heterocycles. The van der Waals surface area contributed by atoms with Gasteiger partial charge >= 0.3 is 11.9 Å². The highest BCUT2D eigenvalue weighted by Crippen LogP contribution is 2.16. The first-order chi connectivity index (χ1) is 11.5. The van der Waals surface area contributed by atoms with Crippen LogP contribution in [0.4, 0.5) is 5.88 Å². The highest BCUT2D eigenvalue weighted by molar-refractivity contribution is 6.30. The predicted molar refractivity (Wildman–Crippen MR) is 83.8 cm³/mol. The fraction of sp³-hybridized carbons (Fsp3) is 0.200. The van der Waals surface area contributed by atoms with Crippen LogP contribution < -0.4 is 5.32 Å². The minimum Gasteiger partial charge on any atom is -0.450 e. The second-order valence-corrected chi connectivity index (χ2v) is 5.13. The summed E-state index contributed by atoms with van der Waals surface area (Å²) in [6.45, 7) is -0.141. The van der Waals surface area contributed by atoms with Gasteiger partial charge in [-0.05, 0) is 30.2 Å². The zero-order valence-electron chi connectivity index (χ0n) is 12.4. The van der Waals surface area contributed by atoms with Gasteiger partial charge in [0.2, 0.25) is 5.76 Å². The lowest BCUT2D eigenvalue weighted by Crippen LogP contribution is -2.30. The number of benzene rings is 1. The molecule has 1 heterocycles. The van der Waals surface area contributed by atoms with Gasteiger partial charge in [0.25, 0.3) is 5.91 Å². The van der Waals surface area contributed by atoms with E-state index in [0.29, 0.717) is 18.0 Å². The van der Waals surface area contributed by atoms with Crippen molar-refractivity contribution in [2.75, 3.05) is 13.2 Å². The van der Waals surface area contributed by atoms with Crippen LogP contribution in [-0.4, -0.2) is 30.0 Å². The predicted octanol–water partition coefficient (Wildman–Crippen LogP) is 2.36. The van der Waals surface area contributed by atoms with E-state index in [9.17, 15) is 19.7 Å². The fourth-order valence-corrected chi connectivity index (χ4v) is 1.91. The van der Waals surface area contributed by atoms with Gasteiger partial charge in [-0.3, -0.25) is 14.9 Å². The van der Waals surface area contributed by atoms with Crippen LogP contribution >= 0.6 is 11.6 Å². The molecule has 1 N–H and O–H groups in total. The number of carbonyl (C=O) groups is 2. The van der Waals surface area contributed by atoms with Crippen LogP contribution in [0.1, 0.15) is 16.1 Å². The van der Waals surface area contributed by atoms with Gasteiger partial charge in [0.1, 0.15) is 4.92 Å². The number of esters is 1. The summed E-state index contributed by atoms with van der Waals surface area (Å²) in [7, 11) is 0. The Balaban J connectivity index is 1.71. The summed E-state index contributed by atoms with van der Waals surface area (Å²) in [5, 5.41) is 13.7. The topological polar surface area (TPSA) is 112 Å². The lowest BCUT2D eigenvalue weighted by atomic mass is 10.1. The van der Waals surface area contributed by atoms with Crippen LogP contribution in [0.5, 0.6) is 0 Å². The minimum absolute atomic E-state index is 0.337. The highest BCUT2D eigenvalue weighted by Gasteiger charge is 2.19. The molecule has 0 fully saturated rings. The molecule has 0 bridgehead atoms. The Hall–Kier alpha value is -2.87. The first-order valence-corrected chi connectivity index (χ1v) is 7.26. The van der Waals surface area contributed by atoms with E-state index in [1.54, 1.807) is 12.1 Å². The quantitative estimate of drug-likeness (QED) is 0.465. The van der Waals surface area contributed by atoms with Crippen molar-refractivity contribution in [2.45, 2.75) is 6.42 Å². The summed E-state index contributed by atoms with van der Waals surface area (Å²) in [4.78, 5) is 32.8. The van der Waals surface area contributed by atoms with Crippen molar-refractivity contribution in [3.8, 4) is 0 Å². The molecule has 8 nitrogen and oxygen atoms in total. The van der Waals surface area contributed by atoms with Gasteiger partial charge in [0.05, 0.1) is 6.07 Å². The molecule has 126 valence electrons. The molecular formula is C15H13ClN2O6. The van der Waals surface area contributed by atoms with Gasteiger partial charge in [-0.1, -0.05) is 23.7 Å². The third-order valence-corrected chi connectivity index (χ3v) is 3.21. The average Bonchev–Trinajstić information content (AvgIpc) is 3.05. The third kappa shape index (κ3) is 5.10. The Morgan fingerprint density at radius 3 is 2.54 bits per heavy atom. The lowest BCUT2D eigenvalue weighted by Gasteiger charge is -2.06. The zero-order valence-corrected chi connectivity index (χ0v) is 13.1. The molecule has 0 atom stereocenters. The number of carbonyl (C=O) groups excluding carboxylic acids is 2. The molecule has 2 aromatic rings. The largest absolute Gasteiger partial charge is 0.450 e. The van der Waals surface area contributed by atoms with Crippen molar-refractivity contribution in [1.29, 1.82) is 0 Å². The Morgan fingerprint density at radius 2 is 1.92 bits per heavy atom. The smallest absolute Gasteiger partial charge is 0.433 e. The Labute approximate surface area is 141 Å². The Bertz CT molecular complexity index is 741. The number of nitrogens with zero attached hydrogens (tertiary/aromatic N) is 1. The van der Waals surface area contributed by atoms with Gasteiger partial charge in [-0.15, -0.1) is 0 Å². The number of amides is 1. The molecule has 0 spiro atoms. The molecule has 24 heavy (non-hydrogen) atoms. The maximum atomic E-state index is 11.6. The summed E-state index contributed by atoms with van der Waals surface area (Å²) in [6, 6.07) is 9.34. The number of hydrogen-bond donors (Lipinski definition) is 1. The van der Waals surface area contributed by atoms with E-state index >= 15 is 0 Å². The number of halogens is 1. The molecular weight excluding hydrogens is 340 g/mol. The highest BCUT2D eigenvalue weighted by atomic mass is 35.5. The number of nitrogens with one attached hydrogen (secondary N) is 1. The van der Waals surface area contributed by atoms with Gasteiger partial charge < -0.3 is 14.5 Å². The van der Waals surface area contributed by atoms with Crippen molar-refractivity contribution in [3.05, 3.63) is 62.9 Å². The molecule has 9 heteroatoms. The van der Waals surface area contributed by atoms with Crippen LogP contribution in [0.15, 0.2) is 40.8 Å². The van der Waals surface area contributed by atoms with Crippen molar-refractivity contribution in [3.63, 3.8) is 0 Å². The SMILES string of the molecule is O=C(COC(=O)c1ccc([N+](=O)[O-])o1)NCCc1ccc(Cl)cc1. The molecule has 0 unspecified atom stereocenters. The first kappa shape index (κ1) is 17.5. The van der Waals surface area contributed by atoms with Crippen LogP contribution in [0.25, 0.3) is 0 Å². The second kappa shape index (κ2) is 8.11.